The third-order valence-corrected chi connectivity index (χ3v) is 5.17. The molecular weight excluding hydrogens is 295 g/mol. The molecule has 0 N–H and O–H groups in total. The van der Waals surface area contributed by atoms with E-state index in [1.807, 2.05) is 0 Å². The van der Waals surface area contributed by atoms with Crippen LogP contribution in [0.15, 0.2) is 0 Å². The summed E-state index contributed by atoms with van der Waals surface area (Å²) >= 11 is 1.62. The van der Waals surface area contributed by atoms with E-state index in [0.717, 1.165) is 12.8 Å². The van der Waals surface area contributed by atoms with Crippen LogP contribution in [-0.2, 0) is 10.1 Å². The van der Waals surface area contributed by atoms with Gasteiger partial charge in [-0.3, -0.25) is 0 Å². The number of nitrogens with zero attached hydrogens (tertiary/aromatic N) is 2. The molecule has 5 nitrogen and oxygen atoms in total. The second-order valence-electron chi connectivity index (χ2n) is 4.31. The van der Waals surface area contributed by atoms with Gasteiger partial charge in [0.25, 0.3) is 12.1 Å². The molecule has 0 radical (unpaired) electrons. The molecule has 1 aliphatic carbocycles. The van der Waals surface area contributed by atoms with Crippen LogP contribution in [0.2, 0.25) is 0 Å². The topological polar surface area (TPSA) is 65.9 Å². The van der Waals surface area contributed by atoms with Crippen molar-refractivity contribution in [2.75, 3.05) is 11.5 Å². The molecule has 8 heteroatoms. The minimum Gasteiger partial charge on any atom is -0.748 e. The molecule has 1 saturated carbocycles. The second kappa shape index (κ2) is 9.23. The van der Waals surface area contributed by atoms with Crippen molar-refractivity contribution >= 4 is 21.9 Å². The van der Waals surface area contributed by atoms with Gasteiger partial charge >= 0.3 is 29.6 Å². The van der Waals surface area contributed by atoms with Crippen LogP contribution in [0.4, 0.5) is 0 Å². The maximum Gasteiger partial charge on any atom is 1.00 e. The van der Waals surface area contributed by atoms with Crippen LogP contribution >= 0.6 is 11.8 Å². The van der Waals surface area contributed by atoms with E-state index in [1.54, 1.807) is 11.8 Å². The summed E-state index contributed by atoms with van der Waals surface area (Å²) in [5.41, 5.74) is 0. The Bertz CT molecular complexity index is 456. The average Bonchev–Trinajstić information content (AvgIpc) is 2.33. The molecule has 1 fully saturated rings. The molecule has 0 aromatic heterocycles. The van der Waals surface area contributed by atoms with Crippen molar-refractivity contribution < 1.29 is 42.5 Å². The van der Waals surface area contributed by atoms with Crippen LogP contribution in [0.3, 0.4) is 0 Å². The molecule has 0 amide bonds. The first-order chi connectivity index (χ1) is 8.46. The molecule has 19 heavy (non-hydrogen) atoms. The van der Waals surface area contributed by atoms with Crippen molar-refractivity contribution in [2.45, 2.75) is 43.0 Å². The van der Waals surface area contributed by atoms with Gasteiger partial charge < -0.3 is 14.2 Å². The van der Waals surface area contributed by atoms with E-state index in [0.29, 0.717) is 23.8 Å². The predicted octanol–water partition coefficient (Wildman–Crippen LogP) is -1.21. The second-order valence-corrected chi connectivity index (χ2v) is 7.25. The maximum atomic E-state index is 10.4. The molecule has 0 aliphatic heterocycles. The zero-order valence-electron chi connectivity index (χ0n) is 10.9. The molecule has 3 unspecified atom stereocenters. The fraction of sp³-hybridized carbons (Fsp3) is 0.818. The molecular formula is C11H15N2NaO3S2. The normalized spacial score (nSPS) is 26.8. The van der Waals surface area contributed by atoms with Crippen LogP contribution in [0, 0.1) is 13.1 Å². The molecule has 0 aromatic carbocycles. The standard InChI is InChI=1S/C11H16N2O3S2.Na/c1-12-10-5-4-9(8-11(10)13-2)17-6-3-7-18(14,15)16;/h9-11H,3-8H2,(H,14,15,16);/q;+1/p-1. The molecule has 0 saturated heterocycles. The first-order valence-electron chi connectivity index (χ1n) is 5.74. The molecule has 100 valence electrons. The Morgan fingerprint density at radius 1 is 1.21 bits per heavy atom. The quantitative estimate of drug-likeness (QED) is 0.277. The van der Waals surface area contributed by atoms with Crippen molar-refractivity contribution in [3.63, 3.8) is 0 Å². The number of rotatable bonds is 5. The Balaban J connectivity index is 0.00000324. The molecule has 3 atom stereocenters. The van der Waals surface area contributed by atoms with Crippen LogP contribution in [0.5, 0.6) is 0 Å². The summed E-state index contributed by atoms with van der Waals surface area (Å²) in [7, 11) is -4.11. The average molecular weight is 310 g/mol. The largest absolute Gasteiger partial charge is 1.00 e. The van der Waals surface area contributed by atoms with Gasteiger partial charge in [0.05, 0.1) is 10.1 Å². The fourth-order valence-corrected chi connectivity index (χ4v) is 3.98. The van der Waals surface area contributed by atoms with Crippen molar-refractivity contribution in [1.82, 2.24) is 0 Å². The van der Waals surface area contributed by atoms with E-state index in [9.17, 15) is 13.0 Å². The third-order valence-electron chi connectivity index (χ3n) is 2.96. The molecule has 1 rings (SSSR count). The van der Waals surface area contributed by atoms with Crippen molar-refractivity contribution in [3.05, 3.63) is 22.8 Å². The van der Waals surface area contributed by atoms with Crippen LogP contribution in [-0.4, -0.2) is 41.8 Å². The fourth-order valence-electron chi connectivity index (χ4n) is 2.02. The monoisotopic (exact) mass is 310 g/mol. The Morgan fingerprint density at radius 2 is 1.84 bits per heavy atom. The van der Waals surface area contributed by atoms with Gasteiger partial charge in [-0.1, -0.05) is 0 Å². The first kappa shape index (κ1) is 19.2. The SMILES string of the molecule is [C-]#[N+]C1CCC(SCCCS(=O)(=O)[O-])CC1[N+]#[C-].[Na+]. The minimum atomic E-state index is -4.11. The summed E-state index contributed by atoms with van der Waals surface area (Å²) in [4.78, 5) is 6.96. The van der Waals surface area contributed by atoms with Gasteiger partial charge in [-0.2, -0.15) is 11.8 Å². The van der Waals surface area contributed by atoms with Crippen molar-refractivity contribution in [1.29, 1.82) is 0 Å². The Hall–Kier alpha value is 0.240. The van der Waals surface area contributed by atoms with Gasteiger partial charge in [-0.15, -0.1) is 0 Å². The van der Waals surface area contributed by atoms with E-state index < -0.39 is 10.1 Å². The van der Waals surface area contributed by atoms with Gasteiger partial charge in [0.2, 0.25) is 0 Å². The Labute approximate surface area is 141 Å². The summed E-state index contributed by atoms with van der Waals surface area (Å²) in [6.07, 6.45) is 2.70. The number of hydrogen-bond donors (Lipinski definition) is 0. The summed E-state index contributed by atoms with van der Waals surface area (Å²) in [5.74, 6) is 0.309. The zero-order chi connectivity index (χ0) is 13.6. The van der Waals surface area contributed by atoms with Gasteiger partial charge in [-0.05, 0) is 18.6 Å². The van der Waals surface area contributed by atoms with Crippen molar-refractivity contribution in [3.8, 4) is 0 Å². The smallest absolute Gasteiger partial charge is 0.748 e. The third kappa shape index (κ3) is 7.55. The van der Waals surface area contributed by atoms with Gasteiger partial charge in [0, 0.05) is 23.8 Å². The maximum absolute atomic E-state index is 10.4. The van der Waals surface area contributed by atoms with E-state index in [1.165, 1.54) is 0 Å². The molecule has 1 aliphatic rings. The first-order valence-corrected chi connectivity index (χ1v) is 8.37. The number of thioether (sulfide) groups is 1. The zero-order valence-corrected chi connectivity index (χ0v) is 14.5. The van der Waals surface area contributed by atoms with E-state index in [2.05, 4.69) is 9.69 Å². The molecule has 0 heterocycles. The van der Waals surface area contributed by atoms with Crippen LogP contribution in [0.25, 0.3) is 9.69 Å². The van der Waals surface area contributed by atoms with Crippen LogP contribution < -0.4 is 29.6 Å². The van der Waals surface area contributed by atoms with E-state index in [-0.39, 0.29) is 47.4 Å². The van der Waals surface area contributed by atoms with Gasteiger partial charge in [0.15, 0.2) is 0 Å². The minimum absolute atomic E-state index is 0. The Kier molecular flexibility index (Phi) is 9.34. The molecule has 0 spiro atoms. The molecule has 0 bridgehead atoms. The summed E-state index contributed by atoms with van der Waals surface area (Å²) in [6, 6.07) is -0.404. The summed E-state index contributed by atoms with van der Waals surface area (Å²) in [5, 5.41) is 0.316. The molecule has 0 aromatic rings. The summed E-state index contributed by atoms with van der Waals surface area (Å²) < 4.78 is 31.3. The number of hydrogen-bond acceptors (Lipinski definition) is 4. The summed E-state index contributed by atoms with van der Waals surface area (Å²) in [6.45, 7) is 14.1. The van der Waals surface area contributed by atoms with Gasteiger partial charge in [-0.25, -0.2) is 21.6 Å². The van der Waals surface area contributed by atoms with Crippen molar-refractivity contribution in [2.24, 2.45) is 0 Å². The van der Waals surface area contributed by atoms with E-state index in [4.69, 9.17) is 13.1 Å². The van der Waals surface area contributed by atoms with E-state index >= 15 is 0 Å². The van der Waals surface area contributed by atoms with Crippen LogP contribution in [0.1, 0.15) is 25.7 Å². The predicted molar refractivity (Wildman–Crippen MR) is 70.1 cm³/mol. The Morgan fingerprint density at radius 3 is 2.37 bits per heavy atom. The van der Waals surface area contributed by atoms with Gasteiger partial charge in [0.1, 0.15) is 0 Å².